The van der Waals surface area contributed by atoms with Crippen molar-refractivity contribution < 1.29 is 27.4 Å². The second kappa shape index (κ2) is 11.6. The van der Waals surface area contributed by atoms with Gasteiger partial charge in [-0.1, -0.05) is 30.3 Å². The molecular weight excluding hydrogens is 468 g/mol. The van der Waals surface area contributed by atoms with Crippen molar-refractivity contribution in [1.29, 1.82) is 0 Å². The zero-order valence-electron chi connectivity index (χ0n) is 20.2. The van der Waals surface area contributed by atoms with Crippen LogP contribution in [-0.2, 0) is 21.4 Å². The highest BCUT2D eigenvalue weighted by Gasteiger charge is 2.27. The van der Waals surface area contributed by atoms with Gasteiger partial charge < -0.3 is 19.5 Å². The number of nitrogens with zero attached hydrogens (tertiary/aromatic N) is 1. The number of anilines is 1. The van der Waals surface area contributed by atoms with Gasteiger partial charge in [-0.3, -0.25) is 9.10 Å². The quantitative estimate of drug-likeness (QED) is 0.429. The lowest BCUT2D eigenvalue weighted by Gasteiger charge is -2.24. The number of amides is 1. The molecule has 0 aliphatic rings. The van der Waals surface area contributed by atoms with E-state index in [4.69, 9.17) is 14.2 Å². The van der Waals surface area contributed by atoms with Gasteiger partial charge in [-0.05, 0) is 55.8 Å². The minimum Gasteiger partial charge on any atom is -0.497 e. The summed E-state index contributed by atoms with van der Waals surface area (Å²) in [6, 6.07) is 19.9. The molecule has 3 aromatic rings. The summed E-state index contributed by atoms with van der Waals surface area (Å²) in [6.07, 6.45) is -0.0105. The first-order valence-corrected chi connectivity index (χ1v) is 12.5. The highest BCUT2D eigenvalue weighted by Crippen LogP contribution is 2.29. The standard InChI is InChI=1S/C26H30N2O6S/c1-19(2)34-24-14-13-20(15-25(24)33-4)17-27-26(29)18-28(21-9-8-10-22(16-21)32-3)35(30,31)23-11-6-5-7-12-23/h5-16,19H,17-18H2,1-4H3,(H,27,29). The molecule has 35 heavy (non-hydrogen) atoms. The van der Waals surface area contributed by atoms with Gasteiger partial charge >= 0.3 is 0 Å². The number of carbonyl (C=O) groups is 1. The Morgan fingerprint density at radius 2 is 1.66 bits per heavy atom. The highest BCUT2D eigenvalue weighted by molar-refractivity contribution is 7.92. The van der Waals surface area contributed by atoms with E-state index in [-0.39, 0.29) is 17.5 Å². The van der Waals surface area contributed by atoms with Gasteiger partial charge in [0.25, 0.3) is 10.0 Å². The molecule has 0 atom stereocenters. The summed E-state index contributed by atoms with van der Waals surface area (Å²) in [5, 5.41) is 2.79. The van der Waals surface area contributed by atoms with Crippen molar-refractivity contribution in [2.24, 2.45) is 0 Å². The maximum absolute atomic E-state index is 13.4. The van der Waals surface area contributed by atoms with Gasteiger partial charge in [0.15, 0.2) is 11.5 Å². The van der Waals surface area contributed by atoms with Crippen molar-refractivity contribution in [1.82, 2.24) is 5.32 Å². The van der Waals surface area contributed by atoms with Crippen molar-refractivity contribution in [3.8, 4) is 17.2 Å². The van der Waals surface area contributed by atoms with E-state index < -0.39 is 22.5 Å². The van der Waals surface area contributed by atoms with E-state index in [1.807, 2.05) is 19.9 Å². The first-order valence-electron chi connectivity index (χ1n) is 11.1. The smallest absolute Gasteiger partial charge is 0.264 e. The lowest BCUT2D eigenvalue weighted by Crippen LogP contribution is -2.40. The van der Waals surface area contributed by atoms with E-state index in [9.17, 15) is 13.2 Å². The van der Waals surface area contributed by atoms with Crippen LogP contribution in [0.2, 0.25) is 0 Å². The first-order chi connectivity index (χ1) is 16.7. The van der Waals surface area contributed by atoms with Crippen molar-refractivity contribution in [2.45, 2.75) is 31.4 Å². The zero-order valence-corrected chi connectivity index (χ0v) is 21.0. The van der Waals surface area contributed by atoms with E-state index >= 15 is 0 Å². The molecule has 3 aromatic carbocycles. The van der Waals surface area contributed by atoms with Crippen LogP contribution >= 0.6 is 0 Å². The van der Waals surface area contributed by atoms with Crippen LogP contribution < -0.4 is 23.8 Å². The molecule has 0 aromatic heterocycles. The molecule has 3 rings (SSSR count). The highest BCUT2D eigenvalue weighted by atomic mass is 32.2. The molecule has 8 nitrogen and oxygen atoms in total. The fraction of sp³-hybridized carbons (Fsp3) is 0.269. The molecule has 0 saturated carbocycles. The molecule has 9 heteroatoms. The normalized spacial score (nSPS) is 11.1. The van der Waals surface area contributed by atoms with Crippen LogP contribution in [0.4, 0.5) is 5.69 Å². The van der Waals surface area contributed by atoms with Crippen LogP contribution in [0.1, 0.15) is 19.4 Å². The summed E-state index contributed by atoms with van der Waals surface area (Å²) in [7, 11) is -0.964. The van der Waals surface area contributed by atoms with Crippen molar-refractivity contribution in [3.63, 3.8) is 0 Å². The van der Waals surface area contributed by atoms with Crippen LogP contribution in [0.5, 0.6) is 17.2 Å². The topological polar surface area (TPSA) is 94.2 Å². The van der Waals surface area contributed by atoms with Gasteiger partial charge in [0.1, 0.15) is 12.3 Å². The van der Waals surface area contributed by atoms with Crippen molar-refractivity contribution in [2.75, 3.05) is 25.1 Å². The first kappa shape index (κ1) is 25.9. The van der Waals surface area contributed by atoms with Crippen molar-refractivity contribution in [3.05, 3.63) is 78.4 Å². The number of hydrogen-bond acceptors (Lipinski definition) is 6. The Labute approximate surface area is 206 Å². The molecular formula is C26H30N2O6S. The molecule has 1 amide bonds. The van der Waals surface area contributed by atoms with Gasteiger partial charge in [0, 0.05) is 12.6 Å². The number of rotatable bonds is 11. The Kier molecular flexibility index (Phi) is 8.59. The van der Waals surface area contributed by atoms with Crippen LogP contribution in [0.3, 0.4) is 0 Å². The third-order valence-corrected chi connectivity index (χ3v) is 6.83. The fourth-order valence-corrected chi connectivity index (χ4v) is 4.79. The number of carbonyl (C=O) groups excluding carboxylic acids is 1. The number of benzene rings is 3. The Balaban J connectivity index is 1.81. The molecule has 0 heterocycles. The number of ether oxygens (including phenoxy) is 3. The van der Waals surface area contributed by atoms with Crippen LogP contribution in [0, 0.1) is 0 Å². The van der Waals surface area contributed by atoms with Crippen LogP contribution in [0.25, 0.3) is 0 Å². The van der Waals surface area contributed by atoms with Crippen molar-refractivity contribution >= 4 is 21.6 Å². The monoisotopic (exact) mass is 498 g/mol. The second-order valence-corrected chi connectivity index (χ2v) is 9.82. The van der Waals surface area contributed by atoms with Gasteiger partial charge in [0.2, 0.25) is 5.91 Å². The predicted octanol–water partition coefficient (Wildman–Crippen LogP) is 4.00. The summed E-state index contributed by atoms with van der Waals surface area (Å²) in [6.45, 7) is 3.63. The molecule has 186 valence electrons. The lowest BCUT2D eigenvalue weighted by atomic mass is 10.2. The minimum absolute atomic E-state index is 0.0105. The predicted molar refractivity (Wildman–Crippen MR) is 135 cm³/mol. The number of sulfonamides is 1. The number of methoxy groups -OCH3 is 2. The van der Waals surface area contributed by atoms with Crippen LogP contribution in [-0.4, -0.2) is 41.2 Å². The van der Waals surface area contributed by atoms with Crippen LogP contribution in [0.15, 0.2) is 77.7 Å². The molecule has 0 spiro atoms. The molecule has 0 unspecified atom stereocenters. The maximum Gasteiger partial charge on any atom is 0.264 e. The largest absolute Gasteiger partial charge is 0.497 e. The second-order valence-electron chi connectivity index (χ2n) is 7.95. The van der Waals surface area contributed by atoms with Gasteiger partial charge in [-0.25, -0.2) is 8.42 Å². The number of nitrogens with one attached hydrogen (secondary N) is 1. The van der Waals surface area contributed by atoms with E-state index in [0.717, 1.165) is 9.87 Å². The Hall–Kier alpha value is -3.72. The third kappa shape index (κ3) is 6.66. The Bertz CT molecular complexity index is 1250. The summed E-state index contributed by atoms with van der Waals surface area (Å²) in [5.74, 6) is 1.17. The summed E-state index contributed by atoms with van der Waals surface area (Å²) < 4.78 is 44.3. The Morgan fingerprint density at radius 3 is 2.31 bits per heavy atom. The zero-order chi connectivity index (χ0) is 25.4. The average molecular weight is 499 g/mol. The molecule has 0 saturated heterocycles. The molecule has 0 fully saturated rings. The molecule has 0 radical (unpaired) electrons. The fourth-order valence-electron chi connectivity index (χ4n) is 3.36. The van der Waals surface area contributed by atoms with Gasteiger partial charge in [0.05, 0.1) is 30.9 Å². The van der Waals surface area contributed by atoms with E-state index in [1.54, 1.807) is 61.7 Å². The summed E-state index contributed by atoms with van der Waals surface area (Å²) in [5.41, 5.74) is 1.10. The lowest BCUT2D eigenvalue weighted by molar-refractivity contribution is -0.119. The molecule has 0 aliphatic carbocycles. The van der Waals surface area contributed by atoms with Gasteiger partial charge in [-0.2, -0.15) is 0 Å². The number of hydrogen-bond donors (Lipinski definition) is 1. The maximum atomic E-state index is 13.4. The van der Waals surface area contributed by atoms with E-state index in [1.165, 1.54) is 19.2 Å². The summed E-state index contributed by atoms with van der Waals surface area (Å²) in [4.78, 5) is 13.0. The third-order valence-electron chi connectivity index (χ3n) is 5.04. The van der Waals surface area contributed by atoms with E-state index in [2.05, 4.69) is 5.32 Å². The average Bonchev–Trinajstić information content (AvgIpc) is 2.86. The van der Waals surface area contributed by atoms with E-state index in [0.29, 0.717) is 22.9 Å². The molecule has 0 bridgehead atoms. The minimum atomic E-state index is -4.00. The van der Waals surface area contributed by atoms with Gasteiger partial charge in [-0.15, -0.1) is 0 Å². The molecule has 0 aliphatic heterocycles. The molecule has 1 N–H and O–H groups in total. The summed E-state index contributed by atoms with van der Waals surface area (Å²) >= 11 is 0. The SMILES string of the molecule is COc1cccc(N(CC(=O)NCc2ccc(OC(C)C)c(OC)c2)S(=O)(=O)c2ccccc2)c1. The Morgan fingerprint density at radius 1 is 0.914 bits per heavy atom.